The van der Waals surface area contributed by atoms with Gasteiger partial charge in [-0.3, -0.25) is 0 Å². The van der Waals surface area contributed by atoms with Gasteiger partial charge in [-0.05, 0) is 37.4 Å². The van der Waals surface area contributed by atoms with Crippen molar-refractivity contribution in [1.29, 1.82) is 5.26 Å². The Balaban J connectivity index is 1.61. The Morgan fingerprint density at radius 1 is 1.37 bits per heavy atom. The topological polar surface area (TPSA) is 40.8 Å². The number of fused-ring (bicyclic) bond motifs is 1. The van der Waals surface area contributed by atoms with Crippen molar-refractivity contribution < 1.29 is 0 Å². The van der Waals surface area contributed by atoms with Crippen LogP contribution >= 0.6 is 0 Å². The van der Waals surface area contributed by atoms with Crippen LogP contribution in [0.4, 0.5) is 0 Å². The molecule has 2 aromatic rings. The van der Waals surface area contributed by atoms with Crippen molar-refractivity contribution in [1.82, 2.24) is 9.88 Å². The Bertz CT molecular complexity index is 629. The van der Waals surface area contributed by atoms with E-state index in [4.69, 9.17) is 5.26 Å². The normalized spacial score (nSPS) is 16.4. The van der Waals surface area contributed by atoms with E-state index in [0.29, 0.717) is 0 Å². The van der Waals surface area contributed by atoms with Crippen LogP contribution in [0, 0.1) is 16.7 Å². The van der Waals surface area contributed by atoms with E-state index in [-0.39, 0.29) is 5.41 Å². The number of para-hydroxylation sites is 1. The Morgan fingerprint density at radius 3 is 2.89 bits per heavy atom. The Hall–Kier alpha value is -1.79. The number of nitrogens with zero attached hydrogens (tertiary/aromatic N) is 2. The minimum atomic E-state index is -0.0429. The molecular formula is C16H19N3. The lowest BCUT2D eigenvalue weighted by atomic mass is 10.1. The number of aryl methyl sites for hydroxylation is 1. The predicted molar refractivity (Wildman–Crippen MR) is 76.8 cm³/mol. The van der Waals surface area contributed by atoms with Gasteiger partial charge in [0.2, 0.25) is 0 Å². The SMILES string of the molecule is Cn1cc(CCNCC2(C#N)CC2)c2ccccc21. The van der Waals surface area contributed by atoms with E-state index in [1.807, 2.05) is 0 Å². The van der Waals surface area contributed by atoms with Crippen molar-refractivity contribution >= 4 is 10.9 Å². The Morgan fingerprint density at radius 2 is 2.16 bits per heavy atom. The lowest BCUT2D eigenvalue weighted by Crippen LogP contribution is -2.25. The molecule has 0 saturated heterocycles. The highest BCUT2D eigenvalue weighted by molar-refractivity contribution is 5.83. The van der Waals surface area contributed by atoms with Gasteiger partial charge in [-0.25, -0.2) is 0 Å². The first-order chi connectivity index (χ1) is 9.24. The summed E-state index contributed by atoms with van der Waals surface area (Å²) in [6.07, 6.45) is 5.35. The molecule has 1 fully saturated rings. The summed E-state index contributed by atoms with van der Waals surface area (Å²) < 4.78 is 2.18. The number of nitrogens with one attached hydrogen (secondary N) is 1. The zero-order valence-electron chi connectivity index (χ0n) is 11.3. The molecule has 0 radical (unpaired) electrons. The van der Waals surface area contributed by atoms with Gasteiger partial charge in [0, 0.05) is 30.7 Å². The summed E-state index contributed by atoms with van der Waals surface area (Å²) in [5, 5.41) is 13.8. The van der Waals surface area contributed by atoms with Gasteiger partial charge in [0.1, 0.15) is 0 Å². The molecule has 19 heavy (non-hydrogen) atoms. The molecule has 0 aliphatic heterocycles. The summed E-state index contributed by atoms with van der Waals surface area (Å²) in [5.74, 6) is 0. The molecule has 3 heteroatoms. The van der Waals surface area contributed by atoms with E-state index < -0.39 is 0 Å². The summed E-state index contributed by atoms with van der Waals surface area (Å²) in [4.78, 5) is 0. The second-order valence-corrected chi connectivity index (χ2v) is 5.60. The molecule has 1 N–H and O–H groups in total. The van der Waals surface area contributed by atoms with Crippen LogP contribution in [0.1, 0.15) is 18.4 Å². The molecule has 0 unspecified atom stereocenters. The van der Waals surface area contributed by atoms with E-state index in [0.717, 1.165) is 32.4 Å². The van der Waals surface area contributed by atoms with Crippen LogP contribution in [0.15, 0.2) is 30.5 Å². The van der Waals surface area contributed by atoms with Gasteiger partial charge in [0.25, 0.3) is 0 Å². The zero-order valence-corrected chi connectivity index (χ0v) is 11.3. The van der Waals surface area contributed by atoms with Crippen LogP contribution in [0.5, 0.6) is 0 Å². The molecule has 1 aromatic carbocycles. The van der Waals surface area contributed by atoms with Crippen LogP contribution in [0.2, 0.25) is 0 Å². The third-order valence-corrected chi connectivity index (χ3v) is 4.10. The number of benzene rings is 1. The largest absolute Gasteiger partial charge is 0.350 e. The first-order valence-corrected chi connectivity index (χ1v) is 6.89. The fourth-order valence-corrected chi connectivity index (χ4v) is 2.65. The Labute approximate surface area is 113 Å². The fourth-order valence-electron chi connectivity index (χ4n) is 2.65. The maximum atomic E-state index is 9.02. The first kappa shape index (κ1) is 12.3. The number of rotatable bonds is 5. The van der Waals surface area contributed by atoms with E-state index in [2.05, 4.69) is 53.5 Å². The molecule has 0 amide bonds. The molecule has 1 aromatic heterocycles. The average Bonchev–Trinajstić information content (AvgIpc) is 3.16. The second kappa shape index (κ2) is 4.71. The van der Waals surface area contributed by atoms with E-state index in [1.165, 1.54) is 16.5 Å². The fraction of sp³-hybridized carbons (Fsp3) is 0.438. The molecule has 0 spiro atoms. The standard InChI is InChI=1S/C16H19N3/c1-19-10-13(14-4-2-3-5-15(14)19)6-9-18-12-16(11-17)7-8-16/h2-5,10,18H,6-9,12H2,1H3. The molecule has 3 rings (SSSR count). The highest BCUT2D eigenvalue weighted by atomic mass is 14.9. The van der Waals surface area contributed by atoms with Crippen molar-refractivity contribution in [3.8, 4) is 6.07 Å². The van der Waals surface area contributed by atoms with E-state index >= 15 is 0 Å². The molecular weight excluding hydrogens is 234 g/mol. The highest BCUT2D eigenvalue weighted by Crippen LogP contribution is 2.43. The van der Waals surface area contributed by atoms with E-state index in [9.17, 15) is 0 Å². The van der Waals surface area contributed by atoms with Crippen LogP contribution in [0.3, 0.4) is 0 Å². The third kappa shape index (κ3) is 2.36. The van der Waals surface area contributed by atoms with Crippen molar-refractivity contribution in [3.05, 3.63) is 36.0 Å². The van der Waals surface area contributed by atoms with E-state index in [1.54, 1.807) is 0 Å². The quantitative estimate of drug-likeness (QED) is 0.832. The maximum absolute atomic E-state index is 9.02. The molecule has 98 valence electrons. The molecule has 1 aliphatic rings. The third-order valence-electron chi connectivity index (χ3n) is 4.10. The van der Waals surface area contributed by atoms with Crippen molar-refractivity contribution in [3.63, 3.8) is 0 Å². The highest BCUT2D eigenvalue weighted by Gasteiger charge is 2.42. The lowest BCUT2D eigenvalue weighted by Gasteiger charge is -2.07. The van der Waals surface area contributed by atoms with Gasteiger partial charge in [0.05, 0.1) is 11.5 Å². The summed E-state index contributed by atoms with van der Waals surface area (Å²) in [6, 6.07) is 10.9. The van der Waals surface area contributed by atoms with Gasteiger partial charge in [0.15, 0.2) is 0 Å². The zero-order chi connectivity index (χ0) is 13.3. The minimum absolute atomic E-state index is 0.0429. The summed E-state index contributed by atoms with van der Waals surface area (Å²) in [6.45, 7) is 1.78. The minimum Gasteiger partial charge on any atom is -0.350 e. The summed E-state index contributed by atoms with van der Waals surface area (Å²) in [7, 11) is 2.09. The average molecular weight is 253 g/mol. The maximum Gasteiger partial charge on any atom is 0.0703 e. The number of aromatic nitrogens is 1. The summed E-state index contributed by atoms with van der Waals surface area (Å²) in [5.41, 5.74) is 2.62. The van der Waals surface area contributed by atoms with Gasteiger partial charge in [-0.15, -0.1) is 0 Å². The van der Waals surface area contributed by atoms with Crippen molar-refractivity contribution in [2.24, 2.45) is 12.5 Å². The summed E-state index contributed by atoms with van der Waals surface area (Å²) >= 11 is 0. The van der Waals surface area contributed by atoms with Crippen LogP contribution < -0.4 is 5.32 Å². The van der Waals surface area contributed by atoms with Crippen molar-refractivity contribution in [2.45, 2.75) is 19.3 Å². The number of nitriles is 1. The van der Waals surface area contributed by atoms with Gasteiger partial charge in [-0.1, -0.05) is 18.2 Å². The lowest BCUT2D eigenvalue weighted by molar-refractivity contribution is 0.560. The molecule has 1 aliphatic carbocycles. The number of hydrogen-bond donors (Lipinski definition) is 1. The smallest absolute Gasteiger partial charge is 0.0703 e. The molecule has 1 saturated carbocycles. The van der Waals surface area contributed by atoms with Gasteiger partial charge >= 0.3 is 0 Å². The molecule has 1 heterocycles. The molecule has 3 nitrogen and oxygen atoms in total. The van der Waals surface area contributed by atoms with Crippen LogP contribution in [-0.4, -0.2) is 17.7 Å². The van der Waals surface area contributed by atoms with Gasteiger partial charge in [-0.2, -0.15) is 5.26 Å². The second-order valence-electron chi connectivity index (χ2n) is 5.60. The molecule has 0 atom stereocenters. The van der Waals surface area contributed by atoms with Crippen molar-refractivity contribution in [2.75, 3.05) is 13.1 Å². The monoisotopic (exact) mass is 253 g/mol. The Kier molecular flexibility index (Phi) is 3.04. The number of hydrogen-bond acceptors (Lipinski definition) is 2. The van der Waals surface area contributed by atoms with Gasteiger partial charge < -0.3 is 9.88 Å². The molecule has 0 bridgehead atoms. The van der Waals surface area contributed by atoms with Crippen LogP contribution in [0.25, 0.3) is 10.9 Å². The predicted octanol–water partition coefficient (Wildman–Crippen LogP) is 2.61. The van der Waals surface area contributed by atoms with Crippen LogP contribution in [-0.2, 0) is 13.5 Å². The first-order valence-electron chi connectivity index (χ1n) is 6.89.